The maximum absolute atomic E-state index is 10.2. The molecule has 11 nitrogen and oxygen atoms in total. The fraction of sp³-hybridized carbons (Fsp3) is 1.00. The molecule has 2 aliphatic heterocycles. The molecule has 0 radical (unpaired) electrons. The van der Waals surface area contributed by atoms with Gasteiger partial charge in [0.05, 0.1) is 24.1 Å². The van der Waals surface area contributed by atoms with E-state index in [-0.39, 0.29) is 0 Å². The maximum atomic E-state index is 10.2. The van der Waals surface area contributed by atoms with E-state index in [0.29, 0.717) is 0 Å². The van der Waals surface area contributed by atoms with Crippen LogP contribution in [0.5, 0.6) is 0 Å². The SMILES string of the molecule is [2H]C1(O)O[C@]([2H])(C([2H])([2H])O)[C@@H](O[C@]2([2H])O[C@]([2H])(C([2H])([2H])O)[C@@H](O)[C@H](O)[C@H]2O)[C@H](O)[C@H]1O. The number of hydrogen-bond donors (Lipinski definition) is 8. The van der Waals surface area contributed by atoms with Crippen molar-refractivity contribution in [3.8, 4) is 0 Å². The van der Waals surface area contributed by atoms with Gasteiger partial charge in [0.25, 0.3) is 0 Å². The highest BCUT2D eigenvalue weighted by Crippen LogP contribution is 2.28. The summed E-state index contributed by atoms with van der Waals surface area (Å²) in [6.07, 6.45) is -30.9. The molecule has 0 aromatic carbocycles. The first-order valence-electron chi connectivity index (χ1n) is 10.2. The topological polar surface area (TPSA) is 190 Å². The summed E-state index contributed by atoms with van der Waals surface area (Å²) in [5.74, 6) is 0. The van der Waals surface area contributed by atoms with Crippen molar-refractivity contribution in [3.05, 3.63) is 0 Å². The number of aliphatic hydroxyl groups excluding tert-OH is 5. The second-order valence-corrected chi connectivity index (χ2v) is 4.67. The molecular formula is C12H22O11. The van der Waals surface area contributed by atoms with Gasteiger partial charge in [0.15, 0.2) is 12.5 Å². The van der Waals surface area contributed by atoms with E-state index in [0.717, 1.165) is 0 Å². The van der Waals surface area contributed by atoms with Crippen LogP contribution >= 0.6 is 0 Å². The van der Waals surface area contributed by atoms with Crippen LogP contribution in [0.15, 0.2) is 0 Å². The molecule has 0 aromatic heterocycles. The first-order valence-corrected chi connectivity index (χ1v) is 6.21. The van der Waals surface area contributed by atoms with Gasteiger partial charge in [-0.25, -0.2) is 0 Å². The minimum atomic E-state index is -3.91. The van der Waals surface area contributed by atoms with Gasteiger partial charge in [-0.2, -0.15) is 0 Å². The van der Waals surface area contributed by atoms with Crippen molar-refractivity contribution >= 4 is 0 Å². The molecule has 0 aliphatic carbocycles. The van der Waals surface area contributed by atoms with E-state index in [9.17, 15) is 40.9 Å². The Morgan fingerprint density at radius 3 is 1.96 bits per heavy atom. The third kappa shape index (κ3) is 3.65. The van der Waals surface area contributed by atoms with Crippen molar-refractivity contribution < 1.29 is 66.0 Å². The molecule has 136 valence electrons. The summed E-state index contributed by atoms with van der Waals surface area (Å²) in [7, 11) is 0. The van der Waals surface area contributed by atoms with Gasteiger partial charge < -0.3 is 55.1 Å². The average molecular weight is 350 g/mol. The summed E-state index contributed by atoms with van der Waals surface area (Å²) < 4.78 is 73.9. The second kappa shape index (κ2) is 7.63. The highest BCUT2D eigenvalue weighted by atomic mass is 16.7. The van der Waals surface area contributed by atoms with Gasteiger partial charge in [-0.05, 0) is 0 Å². The first-order chi connectivity index (χ1) is 13.6. The molecule has 0 saturated carbocycles. The van der Waals surface area contributed by atoms with Crippen LogP contribution in [0.3, 0.4) is 0 Å². The smallest absolute Gasteiger partial charge is 0.187 e. The zero-order valence-electron chi connectivity index (χ0n) is 19.3. The van der Waals surface area contributed by atoms with Crippen molar-refractivity contribution in [2.24, 2.45) is 0 Å². The van der Waals surface area contributed by atoms with E-state index in [4.69, 9.17) is 15.7 Å². The van der Waals surface area contributed by atoms with Crippen molar-refractivity contribution in [1.29, 1.82) is 0 Å². The largest absolute Gasteiger partial charge is 0.394 e. The van der Waals surface area contributed by atoms with E-state index in [1.165, 1.54) is 0 Å². The fourth-order valence-corrected chi connectivity index (χ4v) is 1.91. The highest BCUT2D eigenvalue weighted by molar-refractivity contribution is 4.93. The van der Waals surface area contributed by atoms with Gasteiger partial charge in [0.2, 0.25) is 0 Å². The van der Waals surface area contributed by atoms with E-state index in [1.807, 2.05) is 0 Å². The molecule has 10 atom stereocenters. The molecule has 2 fully saturated rings. The summed E-state index contributed by atoms with van der Waals surface area (Å²) >= 11 is 0. The van der Waals surface area contributed by atoms with Crippen molar-refractivity contribution in [1.82, 2.24) is 0 Å². The minimum Gasteiger partial charge on any atom is -0.394 e. The molecule has 1 unspecified atom stereocenters. The second-order valence-electron chi connectivity index (χ2n) is 4.67. The molecular weight excluding hydrogens is 320 g/mol. The molecule has 0 aromatic rings. The van der Waals surface area contributed by atoms with E-state index < -0.39 is 74.4 Å². The minimum absolute atomic E-state index is 2.63. The lowest BCUT2D eigenvalue weighted by Crippen LogP contribution is -2.64. The Morgan fingerprint density at radius 1 is 0.783 bits per heavy atom. The molecule has 2 saturated heterocycles. The summed E-state index contributed by atoms with van der Waals surface area (Å²) in [5, 5.41) is 78.8. The Hall–Kier alpha value is -0.440. The summed E-state index contributed by atoms with van der Waals surface area (Å²) in [4.78, 5) is 0. The molecule has 2 rings (SSSR count). The van der Waals surface area contributed by atoms with Gasteiger partial charge in [0.1, 0.15) is 48.8 Å². The fourth-order valence-electron chi connectivity index (χ4n) is 1.91. The van der Waals surface area contributed by atoms with Crippen molar-refractivity contribution in [2.45, 2.75) is 61.3 Å². The number of aliphatic hydroxyl groups is 8. The van der Waals surface area contributed by atoms with Crippen molar-refractivity contribution in [3.63, 3.8) is 0 Å². The molecule has 2 heterocycles. The lowest BCUT2D eigenvalue weighted by molar-refractivity contribution is -0.355. The molecule has 8 N–H and O–H groups in total. The van der Waals surface area contributed by atoms with Crippen LogP contribution in [-0.4, -0.2) is 115 Å². The van der Waals surface area contributed by atoms with Gasteiger partial charge in [-0.1, -0.05) is 0 Å². The molecule has 11 heteroatoms. The molecule has 2 aliphatic rings. The lowest BCUT2D eigenvalue weighted by atomic mass is 9.97. The molecule has 23 heavy (non-hydrogen) atoms. The maximum Gasteiger partial charge on any atom is 0.187 e. The van der Waals surface area contributed by atoms with Gasteiger partial charge >= 0.3 is 0 Å². The first kappa shape index (κ1) is 10.5. The summed E-state index contributed by atoms with van der Waals surface area (Å²) in [6, 6.07) is 0. The Labute approximate surface area is 142 Å². The monoisotopic (exact) mass is 350 g/mol. The van der Waals surface area contributed by atoms with Crippen LogP contribution in [0.4, 0.5) is 0 Å². The van der Waals surface area contributed by atoms with Crippen LogP contribution in [0.1, 0.15) is 11.0 Å². The standard InChI is InChI=1S/C12H22O11/c13-1-3-5(15)6(16)9(19)12(22-3)23-10-4(2-14)21-11(20)8(18)7(10)17/h3-20H,1-2H2/t3-,4-,5-,6+,7-,8-,9-,10-,11?,12+/m1/s1/i1D2,2D2,3D,4D,11D,12D. The van der Waals surface area contributed by atoms with E-state index in [1.54, 1.807) is 0 Å². The Morgan fingerprint density at radius 2 is 1.39 bits per heavy atom. The van der Waals surface area contributed by atoms with Crippen LogP contribution in [-0.2, 0) is 14.2 Å². The summed E-state index contributed by atoms with van der Waals surface area (Å²) in [6.45, 7) is -7.74. The molecule has 0 spiro atoms. The number of hydrogen-bond acceptors (Lipinski definition) is 11. The highest BCUT2D eigenvalue weighted by Gasteiger charge is 2.50. The van der Waals surface area contributed by atoms with E-state index >= 15 is 0 Å². The Kier molecular flexibility index (Phi) is 3.49. The zero-order valence-corrected chi connectivity index (χ0v) is 11.3. The quantitative estimate of drug-likeness (QED) is 0.241. The lowest BCUT2D eigenvalue weighted by Gasteiger charge is -2.45. The van der Waals surface area contributed by atoms with Gasteiger partial charge in [0, 0.05) is 0 Å². The predicted octanol–water partition coefficient (Wildman–Crippen LogP) is -5.40. The average Bonchev–Trinajstić information content (AvgIpc) is 2.58. The molecule has 0 amide bonds. The van der Waals surface area contributed by atoms with Crippen molar-refractivity contribution in [2.75, 3.05) is 13.1 Å². The molecule has 0 bridgehead atoms. The predicted molar refractivity (Wildman–Crippen MR) is 68.6 cm³/mol. The van der Waals surface area contributed by atoms with Crippen LogP contribution in [0.25, 0.3) is 0 Å². The Balaban J connectivity index is 2.56. The summed E-state index contributed by atoms with van der Waals surface area (Å²) in [5.41, 5.74) is 0. The Bertz CT molecular complexity index is 690. The third-order valence-corrected chi connectivity index (χ3v) is 3.19. The van der Waals surface area contributed by atoms with Crippen LogP contribution in [0, 0.1) is 0 Å². The zero-order chi connectivity index (χ0) is 24.6. The van der Waals surface area contributed by atoms with Gasteiger partial charge in [-0.3, -0.25) is 0 Å². The van der Waals surface area contributed by atoms with Crippen LogP contribution < -0.4 is 0 Å². The van der Waals surface area contributed by atoms with Crippen LogP contribution in [0.2, 0.25) is 0 Å². The van der Waals surface area contributed by atoms with Gasteiger partial charge in [-0.15, -0.1) is 0 Å². The van der Waals surface area contributed by atoms with E-state index in [2.05, 4.69) is 9.47 Å². The third-order valence-electron chi connectivity index (χ3n) is 3.19. The normalized spacial score (nSPS) is 70.8. The number of ether oxygens (including phenoxy) is 3. The number of rotatable bonds is 4.